The van der Waals surface area contributed by atoms with Gasteiger partial charge in [0, 0.05) is 43.1 Å². The molecular weight excluding hydrogens is 507 g/mol. The molecule has 3 aromatic carbocycles. The lowest BCUT2D eigenvalue weighted by Crippen LogP contribution is -2.48. The molecule has 11 heteroatoms. The highest BCUT2D eigenvalue weighted by atomic mass is 35.5. The second-order valence-electron chi connectivity index (χ2n) is 7.60. The van der Waals surface area contributed by atoms with Crippen molar-refractivity contribution >= 4 is 50.5 Å². The summed E-state index contributed by atoms with van der Waals surface area (Å²) < 4.78 is 55.2. The van der Waals surface area contributed by atoms with Crippen LogP contribution in [0.4, 0.5) is 20.2 Å². The summed E-state index contributed by atoms with van der Waals surface area (Å²) >= 11 is 11.8. The van der Waals surface area contributed by atoms with Crippen LogP contribution in [0.3, 0.4) is 0 Å². The van der Waals surface area contributed by atoms with Crippen molar-refractivity contribution < 1.29 is 22.0 Å². The summed E-state index contributed by atoms with van der Waals surface area (Å²) in [6.07, 6.45) is 0. The van der Waals surface area contributed by atoms with E-state index in [1.165, 1.54) is 40.7 Å². The number of hydrogen-bond donors (Lipinski definition) is 1. The van der Waals surface area contributed by atoms with Gasteiger partial charge < -0.3 is 10.2 Å². The molecule has 0 unspecified atom stereocenters. The third-order valence-corrected chi connectivity index (χ3v) is 8.07. The van der Waals surface area contributed by atoms with E-state index >= 15 is 0 Å². The molecular formula is C23H19Cl2F2N3O3S. The summed E-state index contributed by atoms with van der Waals surface area (Å²) in [6, 6.07) is 13.6. The highest BCUT2D eigenvalue weighted by molar-refractivity contribution is 7.89. The molecule has 0 bridgehead atoms. The second-order valence-corrected chi connectivity index (χ2v) is 10.3. The van der Waals surface area contributed by atoms with Crippen LogP contribution in [0.1, 0.15) is 10.4 Å². The predicted octanol–water partition coefficient (Wildman–Crippen LogP) is 5.03. The van der Waals surface area contributed by atoms with Gasteiger partial charge in [0.2, 0.25) is 10.0 Å². The van der Waals surface area contributed by atoms with Gasteiger partial charge in [-0.3, -0.25) is 4.79 Å². The molecule has 1 heterocycles. The number of hydrogen-bond acceptors (Lipinski definition) is 4. The van der Waals surface area contributed by atoms with E-state index in [-0.39, 0.29) is 29.5 Å². The van der Waals surface area contributed by atoms with Gasteiger partial charge >= 0.3 is 0 Å². The van der Waals surface area contributed by atoms with Crippen molar-refractivity contribution in [2.24, 2.45) is 0 Å². The fourth-order valence-electron chi connectivity index (χ4n) is 3.60. The Balaban J connectivity index is 1.50. The molecule has 1 amide bonds. The minimum Gasteiger partial charge on any atom is -0.369 e. The number of sulfonamides is 1. The van der Waals surface area contributed by atoms with Crippen LogP contribution in [0, 0.1) is 11.6 Å². The first-order valence-electron chi connectivity index (χ1n) is 10.2. The Bertz CT molecular complexity index is 1330. The smallest absolute Gasteiger partial charge is 0.255 e. The fourth-order valence-corrected chi connectivity index (χ4v) is 5.41. The van der Waals surface area contributed by atoms with Crippen molar-refractivity contribution in [3.63, 3.8) is 0 Å². The summed E-state index contributed by atoms with van der Waals surface area (Å²) in [4.78, 5) is 14.0. The lowest BCUT2D eigenvalue weighted by atomic mass is 10.2. The number of nitrogens with one attached hydrogen (secondary N) is 1. The Morgan fingerprint density at radius 1 is 0.853 bits per heavy atom. The lowest BCUT2D eigenvalue weighted by molar-refractivity contribution is 0.102. The molecule has 0 saturated carbocycles. The molecule has 1 aliphatic heterocycles. The Kier molecular flexibility index (Phi) is 7.09. The average molecular weight is 526 g/mol. The van der Waals surface area contributed by atoms with Crippen molar-refractivity contribution in [1.82, 2.24) is 4.31 Å². The number of nitrogens with zero attached hydrogens (tertiary/aromatic N) is 2. The van der Waals surface area contributed by atoms with Gasteiger partial charge in [-0.05, 0) is 60.7 Å². The minimum atomic E-state index is -4.19. The van der Waals surface area contributed by atoms with Crippen LogP contribution in [0.2, 0.25) is 10.0 Å². The second kappa shape index (κ2) is 9.87. The number of halogens is 4. The molecule has 0 aliphatic carbocycles. The zero-order chi connectivity index (χ0) is 24.5. The lowest BCUT2D eigenvalue weighted by Gasteiger charge is -2.35. The topological polar surface area (TPSA) is 69.7 Å². The van der Waals surface area contributed by atoms with Gasteiger partial charge in [0.1, 0.15) is 16.5 Å². The fraction of sp³-hybridized carbons (Fsp3) is 0.174. The third-order valence-electron chi connectivity index (χ3n) is 5.42. The van der Waals surface area contributed by atoms with Gasteiger partial charge in [0.05, 0.1) is 10.0 Å². The molecule has 1 N–H and O–H groups in total. The highest BCUT2D eigenvalue weighted by Crippen LogP contribution is 2.27. The van der Waals surface area contributed by atoms with Crippen LogP contribution >= 0.6 is 23.2 Å². The van der Waals surface area contributed by atoms with E-state index in [4.69, 9.17) is 23.2 Å². The molecule has 1 saturated heterocycles. The summed E-state index contributed by atoms with van der Waals surface area (Å²) in [5, 5.41) is 3.14. The minimum absolute atomic E-state index is 0.0315. The number of piperazine rings is 1. The quantitative estimate of drug-likeness (QED) is 0.506. The van der Waals surface area contributed by atoms with Crippen molar-refractivity contribution in [3.8, 4) is 0 Å². The molecule has 0 radical (unpaired) electrons. The standard InChI is InChI=1S/C23H19Cl2F2N3O3S/c24-19-7-4-17(14-20(19)25)28-23(31)15-1-8-21(27)22(13-15)34(32,33)30-11-9-29(10-12-30)18-5-2-16(26)3-6-18/h1-8,13-14H,9-12H2,(H,28,31). The SMILES string of the molecule is O=C(Nc1ccc(Cl)c(Cl)c1)c1ccc(F)c(S(=O)(=O)N2CCN(c3ccc(F)cc3)CC2)c1. The van der Waals surface area contributed by atoms with E-state index in [0.29, 0.717) is 23.8 Å². The molecule has 1 fully saturated rings. The zero-order valence-corrected chi connectivity index (χ0v) is 20.0. The maximum absolute atomic E-state index is 14.6. The molecule has 0 aromatic heterocycles. The Labute approximate surface area is 205 Å². The van der Waals surface area contributed by atoms with Gasteiger partial charge in [-0.2, -0.15) is 4.31 Å². The van der Waals surface area contributed by atoms with Gasteiger partial charge in [0.25, 0.3) is 5.91 Å². The van der Waals surface area contributed by atoms with E-state index in [1.807, 2.05) is 4.90 Å². The number of carbonyl (C=O) groups excluding carboxylic acids is 1. The average Bonchev–Trinajstić information content (AvgIpc) is 2.82. The van der Waals surface area contributed by atoms with Crippen molar-refractivity contribution in [1.29, 1.82) is 0 Å². The molecule has 4 rings (SSSR count). The van der Waals surface area contributed by atoms with Crippen LogP contribution < -0.4 is 10.2 Å². The van der Waals surface area contributed by atoms with Crippen LogP contribution in [-0.2, 0) is 10.0 Å². The molecule has 6 nitrogen and oxygen atoms in total. The van der Waals surface area contributed by atoms with Gasteiger partial charge in [0.15, 0.2) is 0 Å². The first-order valence-corrected chi connectivity index (χ1v) is 12.4. The number of rotatable bonds is 5. The van der Waals surface area contributed by atoms with Gasteiger partial charge in [-0.1, -0.05) is 23.2 Å². The molecule has 3 aromatic rings. The van der Waals surface area contributed by atoms with E-state index in [1.54, 1.807) is 12.1 Å². The van der Waals surface area contributed by atoms with Crippen molar-refractivity contribution in [2.75, 3.05) is 36.4 Å². The summed E-state index contributed by atoms with van der Waals surface area (Å²) in [5.74, 6) is -1.94. The maximum atomic E-state index is 14.6. The number of carbonyl (C=O) groups is 1. The van der Waals surface area contributed by atoms with E-state index in [9.17, 15) is 22.0 Å². The number of amides is 1. The van der Waals surface area contributed by atoms with Gasteiger partial charge in [-0.15, -0.1) is 0 Å². The third kappa shape index (κ3) is 5.17. The molecule has 0 spiro atoms. The van der Waals surface area contributed by atoms with Crippen molar-refractivity contribution in [2.45, 2.75) is 4.90 Å². The molecule has 1 aliphatic rings. The van der Waals surface area contributed by atoms with Crippen LogP contribution in [0.15, 0.2) is 65.6 Å². The first kappa shape index (κ1) is 24.4. The summed E-state index contributed by atoms with van der Waals surface area (Å²) in [7, 11) is -4.19. The van der Waals surface area contributed by atoms with Crippen LogP contribution in [0.5, 0.6) is 0 Å². The number of anilines is 2. The Morgan fingerprint density at radius 3 is 2.18 bits per heavy atom. The zero-order valence-electron chi connectivity index (χ0n) is 17.6. The molecule has 178 valence electrons. The van der Waals surface area contributed by atoms with E-state index in [0.717, 1.165) is 17.8 Å². The predicted molar refractivity (Wildman–Crippen MR) is 128 cm³/mol. The normalized spacial score (nSPS) is 14.8. The van der Waals surface area contributed by atoms with Crippen molar-refractivity contribution in [3.05, 3.63) is 87.9 Å². The van der Waals surface area contributed by atoms with Crippen LogP contribution in [-0.4, -0.2) is 44.8 Å². The molecule has 34 heavy (non-hydrogen) atoms. The van der Waals surface area contributed by atoms with Crippen LogP contribution in [0.25, 0.3) is 0 Å². The number of benzene rings is 3. The highest BCUT2D eigenvalue weighted by Gasteiger charge is 2.31. The Hall–Kier alpha value is -2.72. The van der Waals surface area contributed by atoms with Gasteiger partial charge in [-0.25, -0.2) is 17.2 Å². The molecule has 0 atom stereocenters. The first-order chi connectivity index (χ1) is 16.1. The monoisotopic (exact) mass is 525 g/mol. The summed E-state index contributed by atoms with van der Waals surface area (Å²) in [5.41, 5.74) is 1.09. The largest absolute Gasteiger partial charge is 0.369 e. The summed E-state index contributed by atoms with van der Waals surface area (Å²) in [6.45, 7) is 0.922. The van der Waals surface area contributed by atoms with E-state index in [2.05, 4.69) is 5.32 Å². The van der Waals surface area contributed by atoms with E-state index < -0.39 is 26.6 Å². The maximum Gasteiger partial charge on any atom is 0.255 e. The Morgan fingerprint density at radius 2 is 1.53 bits per heavy atom.